The summed E-state index contributed by atoms with van der Waals surface area (Å²) in [4.78, 5) is 15.6. The molecule has 32 heavy (non-hydrogen) atoms. The van der Waals surface area contributed by atoms with Gasteiger partial charge in [-0.15, -0.1) is 5.10 Å². The molecule has 2 N–H and O–H groups in total. The molecule has 0 radical (unpaired) electrons. The lowest BCUT2D eigenvalue weighted by Crippen LogP contribution is -2.16. The summed E-state index contributed by atoms with van der Waals surface area (Å²) in [6.07, 6.45) is -3.56. The van der Waals surface area contributed by atoms with Crippen LogP contribution in [0.2, 0.25) is 0 Å². The topological polar surface area (TPSA) is 73.8 Å². The van der Waals surface area contributed by atoms with Crippen molar-refractivity contribution < 1.29 is 31.1 Å². The van der Waals surface area contributed by atoms with E-state index in [0.717, 1.165) is 17.2 Å². The maximum Gasteiger partial charge on any atom is 0.416 e. The number of carbonyl (C=O) groups is 1. The van der Waals surface area contributed by atoms with Crippen LogP contribution in [0.4, 0.5) is 26.3 Å². The van der Waals surface area contributed by atoms with Crippen molar-refractivity contribution in [2.45, 2.75) is 19.3 Å². The molecular formula is C20H15ClF6N4O. The Hall–Kier alpha value is -3.34. The van der Waals surface area contributed by atoms with Gasteiger partial charge in [0.1, 0.15) is 6.33 Å². The molecule has 0 atom stereocenters. The van der Waals surface area contributed by atoms with E-state index in [9.17, 15) is 31.1 Å². The maximum absolute atomic E-state index is 13.1. The Morgan fingerprint density at radius 2 is 1.66 bits per heavy atom. The van der Waals surface area contributed by atoms with Gasteiger partial charge in [0.15, 0.2) is 5.82 Å². The van der Waals surface area contributed by atoms with E-state index in [4.69, 9.17) is 17.3 Å². The summed E-state index contributed by atoms with van der Waals surface area (Å²) in [7, 11) is 0. The average molecular weight is 477 g/mol. The Bertz CT molecular complexity index is 1090. The van der Waals surface area contributed by atoms with Crippen LogP contribution >= 0.6 is 11.6 Å². The number of alkyl halides is 6. The first kappa shape index (κ1) is 24.9. The Kier molecular flexibility index (Phi) is 7.34. The first-order valence-corrected chi connectivity index (χ1v) is 9.02. The van der Waals surface area contributed by atoms with E-state index in [-0.39, 0.29) is 16.7 Å². The largest absolute Gasteiger partial charge is 0.416 e. The van der Waals surface area contributed by atoms with Crippen molar-refractivity contribution in [2.24, 2.45) is 5.73 Å². The summed E-state index contributed by atoms with van der Waals surface area (Å²) >= 11 is 5.65. The number of primary amides is 1. The molecule has 2 aromatic rings. The Morgan fingerprint density at radius 3 is 2.09 bits per heavy atom. The van der Waals surface area contributed by atoms with Gasteiger partial charge in [-0.25, -0.2) is 9.67 Å². The third-order valence-corrected chi connectivity index (χ3v) is 4.07. The van der Waals surface area contributed by atoms with Crippen LogP contribution in [0.1, 0.15) is 18.1 Å². The third kappa shape index (κ3) is 6.33. The smallest absolute Gasteiger partial charge is 0.366 e. The van der Waals surface area contributed by atoms with E-state index in [1.165, 1.54) is 18.2 Å². The lowest BCUT2D eigenvalue weighted by molar-refractivity contribution is -0.143. The van der Waals surface area contributed by atoms with E-state index in [0.29, 0.717) is 17.7 Å². The van der Waals surface area contributed by atoms with Crippen molar-refractivity contribution >= 4 is 23.7 Å². The second-order valence-electron chi connectivity index (χ2n) is 6.27. The molecule has 2 rings (SSSR count). The highest BCUT2D eigenvalue weighted by Crippen LogP contribution is 2.38. The van der Waals surface area contributed by atoms with Crippen LogP contribution in [-0.4, -0.2) is 20.7 Å². The lowest BCUT2D eigenvalue weighted by atomic mass is 10.0. The molecule has 1 aromatic heterocycles. The van der Waals surface area contributed by atoms with Gasteiger partial charge in [0.2, 0.25) is 0 Å². The molecule has 0 aliphatic carbocycles. The highest BCUT2D eigenvalue weighted by Gasteiger charge is 2.37. The fourth-order valence-corrected chi connectivity index (χ4v) is 2.55. The van der Waals surface area contributed by atoms with Crippen LogP contribution in [0.25, 0.3) is 17.6 Å². The van der Waals surface area contributed by atoms with Gasteiger partial charge < -0.3 is 5.73 Å². The van der Waals surface area contributed by atoms with Crippen molar-refractivity contribution in [3.63, 3.8) is 0 Å². The number of amides is 1. The van der Waals surface area contributed by atoms with Gasteiger partial charge in [0.25, 0.3) is 5.91 Å². The van der Waals surface area contributed by atoms with Crippen LogP contribution in [0.3, 0.4) is 0 Å². The zero-order chi connectivity index (χ0) is 24.3. The zero-order valence-corrected chi connectivity index (χ0v) is 17.1. The highest BCUT2D eigenvalue weighted by molar-refractivity contribution is 6.30. The number of benzene rings is 1. The number of allylic oxidation sites excluding steroid dienone is 4. The number of hydrogen-bond acceptors (Lipinski definition) is 3. The minimum absolute atomic E-state index is 0.000974. The molecule has 170 valence electrons. The molecule has 0 spiro atoms. The molecule has 5 nitrogen and oxygen atoms in total. The summed E-state index contributed by atoms with van der Waals surface area (Å²) in [5, 5.41) is 4.02. The van der Waals surface area contributed by atoms with Crippen molar-refractivity contribution in [1.29, 1.82) is 0 Å². The lowest BCUT2D eigenvalue weighted by Gasteiger charge is -2.13. The molecule has 0 aliphatic heterocycles. The summed E-state index contributed by atoms with van der Waals surface area (Å²) in [6, 6.07) is 1.00. The minimum Gasteiger partial charge on any atom is -0.366 e. The number of hydrogen-bond donors (Lipinski definition) is 1. The van der Waals surface area contributed by atoms with Crippen LogP contribution < -0.4 is 5.73 Å². The van der Waals surface area contributed by atoms with Crippen LogP contribution in [0, 0.1) is 0 Å². The molecule has 0 saturated carbocycles. The molecule has 0 saturated heterocycles. The van der Waals surface area contributed by atoms with Crippen molar-refractivity contribution in [3.8, 4) is 11.4 Å². The normalized spacial score (nSPS) is 13.6. The highest BCUT2D eigenvalue weighted by atomic mass is 35.5. The third-order valence-electron chi connectivity index (χ3n) is 3.95. The Labute approximate surface area is 183 Å². The quantitative estimate of drug-likeness (QED) is 0.337. The van der Waals surface area contributed by atoms with Gasteiger partial charge in [-0.3, -0.25) is 4.79 Å². The number of halogens is 7. The van der Waals surface area contributed by atoms with Crippen LogP contribution in [-0.2, 0) is 17.1 Å². The molecule has 0 aliphatic rings. The van der Waals surface area contributed by atoms with Crippen molar-refractivity contribution in [2.75, 3.05) is 0 Å². The minimum atomic E-state index is -5.02. The van der Waals surface area contributed by atoms with E-state index < -0.39 is 40.8 Å². The summed E-state index contributed by atoms with van der Waals surface area (Å²) in [6.45, 7) is 5.06. The predicted molar refractivity (Wildman–Crippen MR) is 107 cm³/mol. The molecule has 12 heteroatoms. The van der Waals surface area contributed by atoms with Crippen molar-refractivity contribution in [3.05, 3.63) is 76.6 Å². The summed E-state index contributed by atoms with van der Waals surface area (Å²) < 4.78 is 79.4. The first-order chi connectivity index (χ1) is 14.7. The summed E-state index contributed by atoms with van der Waals surface area (Å²) in [5.41, 5.74) is 2.10. The van der Waals surface area contributed by atoms with Gasteiger partial charge in [-0.1, -0.05) is 30.3 Å². The molecule has 0 fully saturated rings. The van der Waals surface area contributed by atoms with Gasteiger partial charge >= 0.3 is 12.4 Å². The molecular weight excluding hydrogens is 462 g/mol. The number of aromatic nitrogens is 3. The van der Waals surface area contributed by atoms with E-state index in [1.54, 1.807) is 6.92 Å². The van der Waals surface area contributed by atoms with Crippen molar-refractivity contribution in [1.82, 2.24) is 14.8 Å². The molecule has 1 aromatic carbocycles. The molecule has 1 heterocycles. The fraction of sp³-hybridized carbons (Fsp3) is 0.150. The fourth-order valence-electron chi connectivity index (χ4n) is 2.49. The Balaban J connectivity index is 2.56. The second kappa shape index (κ2) is 9.43. The van der Waals surface area contributed by atoms with Gasteiger partial charge in [0.05, 0.1) is 16.7 Å². The SMILES string of the molecule is C=C(Cl)\C=C/C(=C\C)C(=C/n1cnc(-c2cc(C(F)(F)F)cc(C(F)(F)F)c2)n1)/C(N)=O. The van der Waals surface area contributed by atoms with E-state index >= 15 is 0 Å². The Morgan fingerprint density at radius 1 is 1.09 bits per heavy atom. The van der Waals surface area contributed by atoms with Gasteiger partial charge in [-0.05, 0) is 36.8 Å². The monoisotopic (exact) mass is 476 g/mol. The number of nitrogens with zero attached hydrogens (tertiary/aromatic N) is 3. The average Bonchev–Trinajstić information content (AvgIpc) is 3.14. The van der Waals surface area contributed by atoms with Gasteiger partial charge in [-0.2, -0.15) is 26.3 Å². The first-order valence-electron chi connectivity index (χ1n) is 8.64. The molecule has 0 unspecified atom stereocenters. The van der Waals surface area contributed by atoms with E-state index in [2.05, 4.69) is 16.7 Å². The number of nitrogens with two attached hydrogens (primary N) is 1. The van der Waals surface area contributed by atoms with Crippen LogP contribution in [0.5, 0.6) is 0 Å². The maximum atomic E-state index is 13.1. The number of rotatable bonds is 6. The number of carbonyl (C=O) groups excluding carboxylic acids is 1. The standard InChI is InChI=1S/C20H15ClF6N4O/c1-3-12(5-4-11(2)21)16(17(28)32)9-31-10-29-18(30-31)13-6-14(19(22,23)24)8-15(7-13)20(25,26)27/h3-10H,2H2,1H3,(H2,28,32)/b5-4-,12-3+,16-9-. The predicted octanol–water partition coefficient (Wildman–Crippen LogP) is 5.56. The molecule has 1 amide bonds. The van der Waals surface area contributed by atoms with Crippen LogP contribution in [0.15, 0.2) is 65.5 Å². The molecule has 0 bridgehead atoms. The second-order valence-corrected chi connectivity index (χ2v) is 6.76. The zero-order valence-electron chi connectivity index (χ0n) is 16.3. The van der Waals surface area contributed by atoms with E-state index in [1.807, 2.05) is 0 Å². The summed E-state index contributed by atoms with van der Waals surface area (Å²) in [5.74, 6) is -1.30. The van der Waals surface area contributed by atoms with Gasteiger partial charge in [0, 0.05) is 16.8 Å².